The molecule has 4 heteroatoms. The molecule has 0 saturated carbocycles. The Morgan fingerprint density at radius 3 is 2.80 bits per heavy atom. The van der Waals surface area contributed by atoms with Crippen LogP contribution in [0, 0.1) is 6.92 Å². The standard InChI is InChI=1S/C21H25N3O/c1-3-24(18-8-6-7-16(2)13-18)15-21(25)22-12-11-17-14-23-20-10-5-4-9-19(17)20/h4-10,13-14,23H,3,11-12,15H2,1-2H3,(H,22,25). The number of fused-ring (bicyclic) bond motifs is 1. The number of likely N-dealkylation sites (N-methyl/N-ethyl adjacent to an activating group) is 1. The Morgan fingerprint density at radius 1 is 1.16 bits per heavy atom. The molecule has 0 bridgehead atoms. The zero-order valence-electron chi connectivity index (χ0n) is 14.9. The first kappa shape index (κ1) is 17.1. The number of para-hydroxylation sites is 1. The Kier molecular flexibility index (Phi) is 5.39. The average molecular weight is 335 g/mol. The van der Waals surface area contributed by atoms with Crippen molar-refractivity contribution in [1.82, 2.24) is 10.3 Å². The third-order valence-electron chi connectivity index (χ3n) is 4.47. The molecule has 0 aliphatic carbocycles. The number of aryl methyl sites for hydroxylation is 1. The van der Waals surface area contributed by atoms with E-state index in [9.17, 15) is 4.79 Å². The summed E-state index contributed by atoms with van der Waals surface area (Å²) in [7, 11) is 0. The number of rotatable bonds is 7. The molecule has 0 atom stereocenters. The maximum atomic E-state index is 12.3. The van der Waals surface area contributed by atoms with Crippen molar-refractivity contribution in [2.45, 2.75) is 20.3 Å². The molecular weight excluding hydrogens is 310 g/mol. The maximum absolute atomic E-state index is 12.3. The molecule has 25 heavy (non-hydrogen) atoms. The number of aromatic nitrogens is 1. The molecule has 0 aliphatic rings. The molecule has 0 fully saturated rings. The molecule has 4 nitrogen and oxygen atoms in total. The van der Waals surface area contributed by atoms with Crippen molar-refractivity contribution in [2.75, 3.05) is 24.5 Å². The molecule has 0 radical (unpaired) electrons. The monoisotopic (exact) mass is 335 g/mol. The van der Waals surface area contributed by atoms with Crippen LogP contribution in [0.4, 0.5) is 5.69 Å². The fourth-order valence-corrected chi connectivity index (χ4v) is 3.11. The van der Waals surface area contributed by atoms with Crippen molar-refractivity contribution in [3.05, 3.63) is 65.9 Å². The third-order valence-corrected chi connectivity index (χ3v) is 4.47. The molecule has 2 N–H and O–H groups in total. The van der Waals surface area contributed by atoms with E-state index in [2.05, 4.69) is 59.4 Å². The number of hydrogen-bond donors (Lipinski definition) is 2. The van der Waals surface area contributed by atoms with Crippen LogP contribution in [0.5, 0.6) is 0 Å². The highest BCUT2D eigenvalue weighted by molar-refractivity contribution is 5.83. The Labute approximate surface area is 148 Å². The van der Waals surface area contributed by atoms with Crippen molar-refractivity contribution < 1.29 is 4.79 Å². The largest absolute Gasteiger partial charge is 0.362 e. The number of amides is 1. The lowest BCUT2D eigenvalue weighted by atomic mass is 10.1. The SMILES string of the molecule is CCN(CC(=O)NCCc1c[nH]c2ccccc12)c1cccc(C)c1. The second kappa shape index (κ2) is 7.88. The van der Waals surface area contributed by atoms with Crippen molar-refractivity contribution in [2.24, 2.45) is 0 Å². The highest BCUT2D eigenvalue weighted by Crippen LogP contribution is 2.18. The minimum Gasteiger partial charge on any atom is -0.362 e. The predicted molar refractivity (Wildman–Crippen MR) is 104 cm³/mol. The fraction of sp³-hybridized carbons (Fsp3) is 0.286. The number of nitrogens with one attached hydrogen (secondary N) is 2. The smallest absolute Gasteiger partial charge is 0.239 e. The molecule has 1 amide bonds. The van der Waals surface area contributed by atoms with Gasteiger partial charge in [-0.3, -0.25) is 4.79 Å². The van der Waals surface area contributed by atoms with Gasteiger partial charge in [0.25, 0.3) is 0 Å². The topological polar surface area (TPSA) is 48.1 Å². The quantitative estimate of drug-likeness (QED) is 0.692. The van der Waals surface area contributed by atoms with E-state index in [0.29, 0.717) is 13.1 Å². The summed E-state index contributed by atoms with van der Waals surface area (Å²) in [4.78, 5) is 17.7. The van der Waals surface area contributed by atoms with Gasteiger partial charge in [-0.1, -0.05) is 30.3 Å². The first-order valence-electron chi connectivity index (χ1n) is 8.80. The second-order valence-corrected chi connectivity index (χ2v) is 6.31. The van der Waals surface area contributed by atoms with Crippen LogP contribution in [-0.4, -0.2) is 30.5 Å². The minimum absolute atomic E-state index is 0.0585. The van der Waals surface area contributed by atoms with Crippen LogP contribution in [-0.2, 0) is 11.2 Å². The zero-order chi connectivity index (χ0) is 17.6. The van der Waals surface area contributed by atoms with Gasteiger partial charge in [0.1, 0.15) is 0 Å². The number of hydrogen-bond acceptors (Lipinski definition) is 2. The van der Waals surface area contributed by atoms with Gasteiger partial charge < -0.3 is 15.2 Å². The highest BCUT2D eigenvalue weighted by Gasteiger charge is 2.10. The van der Waals surface area contributed by atoms with Gasteiger partial charge in [0.2, 0.25) is 5.91 Å². The lowest BCUT2D eigenvalue weighted by molar-refractivity contribution is -0.119. The van der Waals surface area contributed by atoms with Gasteiger partial charge >= 0.3 is 0 Å². The Bertz CT molecular complexity index is 853. The van der Waals surface area contributed by atoms with Crippen molar-refractivity contribution >= 4 is 22.5 Å². The van der Waals surface area contributed by atoms with E-state index in [0.717, 1.165) is 24.2 Å². The number of benzene rings is 2. The average Bonchev–Trinajstić information content (AvgIpc) is 3.03. The van der Waals surface area contributed by atoms with Crippen LogP contribution >= 0.6 is 0 Å². The third kappa shape index (κ3) is 4.21. The van der Waals surface area contributed by atoms with Gasteiger partial charge in [-0.25, -0.2) is 0 Å². The van der Waals surface area contributed by atoms with Crippen LogP contribution in [0.25, 0.3) is 10.9 Å². The molecule has 3 rings (SSSR count). The molecular formula is C21H25N3O. The number of anilines is 1. The lowest BCUT2D eigenvalue weighted by Gasteiger charge is -2.22. The second-order valence-electron chi connectivity index (χ2n) is 6.31. The first-order valence-corrected chi connectivity index (χ1v) is 8.80. The highest BCUT2D eigenvalue weighted by atomic mass is 16.2. The van der Waals surface area contributed by atoms with Crippen molar-refractivity contribution in [3.8, 4) is 0 Å². The molecule has 2 aromatic carbocycles. The van der Waals surface area contributed by atoms with Crippen LogP contribution in [0.15, 0.2) is 54.7 Å². The van der Waals surface area contributed by atoms with Crippen LogP contribution < -0.4 is 10.2 Å². The van der Waals surface area contributed by atoms with Gasteiger partial charge in [-0.15, -0.1) is 0 Å². The Hall–Kier alpha value is -2.75. The number of nitrogens with zero attached hydrogens (tertiary/aromatic N) is 1. The van der Waals surface area contributed by atoms with E-state index >= 15 is 0 Å². The van der Waals surface area contributed by atoms with E-state index in [-0.39, 0.29) is 5.91 Å². The Morgan fingerprint density at radius 2 is 2.00 bits per heavy atom. The van der Waals surface area contributed by atoms with Gasteiger partial charge in [0.15, 0.2) is 0 Å². The van der Waals surface area contributed by atoms with Crippen LogP contribution in [0.2, 0.25) is 0 Å². The summed E-state index contributed by atoms with van der Waals surface area (Å²) in [6.07, 6.45) is 2.86. The maximum Gasteiger partial charge on any atom is 0.239 e. The summed E-state index contributed by atoms with van der Waals surface area (Å²) in [5.41, 5.74) is 4.67. The van der Waals surface area contributed by atoms with E-state index in [1.54, 1.807) is 0 Å². The number of H-pyrrole nitrogens is 1. The van der Waals surface area contributed by atoms with Crippen molar-refractivity contribution in [3.63, 3.8) is 0 Å². The van der Waals surface area contributed by atoms with Gasteiger partial charge in [-0.05, 0) is 49.6 Å². The summed E-state index contributed by atoms with van der Waals surface area (Å²) in [6.45, 7) is 5.97. The number of carbonyl (C=O) groups excluding carboxylic acids is 1. The van der Waals surface area contributed by atoms with Crippen LogP contribution in [0.1, 0.15) is 18.1 Å². The molecule has 1 heterocycles. The van der Waals surface area contributed by atoms with E-state index in [1.165, 1.54) is 16.5 Å². The predicted octanol–water partition coefficient (Wildman–Crippen LogP) is 3.66. The summed E-state index contributed by atoms with van der Waals surface area (Å²) in [5, 5.41) is 4.27. The summed E-state index contributed by atoms with van der Waals surface area (Å²) >= 11 is 0. The van der Waals surface area contributed by atoms with E-state index < -0.39 is 0 Å². The molecule has 3 aromatic rings. The minimum atomic E-state index is 0.0585. The number of aromatic amines is 1. The lowest BCUT2D eigenvalue weighted by Crippen LogP contribution is -2.38. The molecule has 0 spiro atoms. The first-order chi connectivity index (χ1) is 12.2. The molecule has 130 valence electrons. The summed E-state index contributed by atoms with van der Waals surface area (Å²) < 4.78 is 0. The molecule has 0 saturated heterocycles. The molecule has 0 unspecified atom stereocenters. The van der Waals surface area contributed by atoms with E-state index in [1.807, 2.05) is 24.4 Å². The molecule has 1 aromatic heterocycles. The van der Waals surface area contributed by atoms with E-state index in [4.69, 9.17) is 0 Å². The van der Waals surface area contributed by atoms with Crippen LogP contribution in [0.3, 0.4) is 0 Å². The number of carbonyl (C=O) groups is 1. The zero-order valence-corrected chi connectivity index (χ0v) is 14.9. The van der Waals surface area contributed by atoms with Gasteiger partial charge in [0, 0.05) is 35.9 Å². The van der Waals surface area contributed by atoms with Gasteiger partial charge in [-0.2, -0.15) is 0 Å². The van der Waals surface area contributed by atoms with Crippen molar-refractivity contribution in [1.29, 1.82) is 0 Å². The van der Waals surface area contributed by atoms with Gasteiger partial charge in [0.05, 0.1) is 6.54 Å². The normalized spacial score (nSPS) is 10.8. The summed E-state index contributed by atoms with van der Waals surface area (Å²) in [5.74, 6) is 0.0585. The molecule has 0 aliphatic heterocycles. The fourth-order valence-electron chi connectivity index (χ4n) is 3.11. The summed E-state index contributed by atoms with van der Waals surface area (Å²) in [6, 6.07) is 16.5. The Balaban J connectivity index is 1.53.